The van der Waals surface area contributed by atoms with E-state index in [4.69, 9.17) is 14.2 Å². The van der Waals surface area contributed by atoms with Crippen LogP contribution in [0.1, 0.15) is 22.8 Å². The van der Waals surface area contributed by atoms with Crippen LogP contribution in [0.3, 0.4) is 0 Å². The molecule has 2 heterocycles. The number of esters is 1. The van der Waals surface area contributed by atoms with Crippen LogP contribution >= 0.6 is 11.3 Å². The summed E-state index contributed by atoms with van der Waals surface area (Å²) in [6, 6.07) is 15.0. The first-order chi connectivity index (χ1) is 14.6. The van der Waals surface area contributed by atoms with Crippen LogP contribution in [0.5, 0.6) is 11.5 Å². The number of carbonyl (C=O) groups excluding carboxylic acids is 2. The van der Waals surface area contributed by atoms with Crippen molar-refractivity contribution < 1.29 is 23.8 Å². The minimum atomic E-state index is -0.820. The van der Waals surface area contributed by atoms with E-state index in [0.29, 0.717) is 22.1 Å². The van der Waals surface area contributed by atoms with Crippen molar-refractivity contribution in [1.82, 2.24) is 0 Å². The third-order valence-corrected chi connectivity index (χ3v) is 5.57. The molecule has 7 heteroatoms. The summed E-state index contributed by atoms with van der Waals surface area (Å²) in [4.78, 5) is 25.5. The zero-order chi connectivity index (χ0) is 21.1. The Kier molecular flexibility index (Phi) is 5.72. The Bertz CT molecular complexity index is 1070. The van der Waals surface area contributed by atoms with Gasteiger partial charge in [0.2, 0.25) is 6.10 Å². The number of rotatable bonds is 5. The van der Waals surface area contributed by atoms with Gasteiger partial charge in [-0.15, -0.1) is 11.3 Å². The van der Waals surface area contributed by atoms with Gasteiger partial charge in [-0.1, -0.05) is 42.0 Å². The quantitative estimate of drug-likeness (QED) is 0.603. The first kappa shape index (κ1) is 20.0. The van der Waals surface area contributed by atoms with Crippen LogP contribution in [0.4, 0.5) is 5.00 Å². The van der Waals surface area contributed by atoms with Crippen molar-refractivity contribution in [2.24, 2.45) is 0 Å². The van der Waals surface area contributed by atoms with Crippen molar-refractivity contribution in [3.05, 3.63) is 65.0 Å². The van der Waals surface area contributed by atoms with Crippen molar-refractivity contribution in [3.8, 4) is 22.6 Å². The van der Waals surface area contributed by atoms with Crippen LogP contribution in [-0.2, 0) is 9.53 Å². The summed E-state index contributed by atoms with van der Waals surface area (Å²) in [5.41, 5.74) is 3.07. The molecule has 0 unspecified atom stereocenters. The van der Waals surface area contributed by atoms with Gasteiger partial charge in [-0.3, -0.25) is 4.79 Å². The molecule has 3 aromatic rings. The minimum absolute atomic E-state index is 0.0911. The topological polar surface area (TPSA) is 73.9 Å². The molecule has 30 heavy (non-hydrogen) atoms. The molecule has 1 aromatic heterocycles. The van der Waals surface area contributed by atoms with Crippen molar-refractivity contribution in [2.45, 2.75) is 20.0 Å². The number of hydrogen-bond acceptors (Lipinski definition) is 6. The normalized spacial score (nSPS) is 14.8. The van der Waals surface area contributed by atoms with Gasteiger partial charge in [0.25, 0.3) is 5.91 Å². The molecule has 0 saturated carbocycles. The second-order valence-electron chi connectivity index (χ2n) is 6.79. The molecule has 0 fully saturated rings. The van der Waals surface area contributed by atoms with Crippen LogP contribution in [0.15, 0.2) is 53.9 Å². The highest BCUT2D eigenvalue weighted by atomic mass is 32.1. The Morgan fingerprint density at radius 3 is 2.60 bits per heavy atom. The Morgan fingerprint density at radius 1 is 1.13 bits per heavy atom. The fourth-order valence-electron chi connectivity index (χ4n) is 3.14. The van der Waals surface area contributed by atoms with Crippen molar-refractivity contribution >= 4 is 28.2 Å². The number of amides is 1. The van der Waals surface area contributed by atoms with Crippen LogP contribution < -0.4 is 14.8 Å². The molecule has 154 valence electrons. The van der Waals surface area contributed by atoms with E-state index in [-0.39, 0.29) is 19.1 Å². The van der Waals surface area contributed by atoms with Gasteiger partial charge in [0, 0.05) is 10.9 Å². The number of hydrogen-bond donors (Lipinski definition) is 1. The van der Waals surface area contributed by atoms with Gasteiger partial charge in [-0.2, -0.15) is 0 Å². The Morgan fingerprint density at radius 2 is 1.87 bits per heavy atom. The third-order valence-electron chi connectivity index (χ3n) is 4.67. The van der Waals surface area contributed by atoms with Crippen molar-refractivity contribution in [2.75, 3.05) is 18.5 Å². The standard InChI is InChI=1S/C23H21NO5S/c1-3-27-23(26)20-16(15-10-8-14(2)9-11-15)13-30-22(20)24-21(25)19-12-28-17-6-4-5-7-18(17)29-19/h4-11,13,19H,3,12H2,1-2H3,(H,24,25)/t19-/m1/s1. The van der Waals surface area contributed by atoms with Crippen LogP contribution in [-0.4, -0.2) is 31.2 Å². The van der Waals surface area contributed by atoms with Gasteiger partial charge in [-0.25, -0.2) is 4.79 Å². The summed E-state index contributed by atoms with van der Waals surface area (Å²) in [5.74, 6) is 0.260. The second kappa shape index (κ2) is 8.59. The maximum absolute atomic E-state index is 12.8. The van der Waals surface area contributed by atoms with Gasteiger partial charge in [0.05, 0.1) is 6.61 Å². The molecule has 0 bridgehead atoms. The molecule has 0 aliphatic carbocycles. The molecule has 4 rings (SSSR count). The summed E-state index contributed by atoms with van der Waals surface area (Å²) in [7, 11) is 0. The highest BCUT2D eigenvalue weighted by molar-refractivity contribution is 7.15. The predicted molar refractivity (Wildman–Crippen MR) is 115 cm³/mol. The Balaban J connectivity index is 1.60. The summed E-state index contributed by atoms with van der Waals surface area (Å²) in [5, 5.41) is 5.10. The molecule has 2 aromatic carbocycles. The first-order valence-electron chi connectivity index (χ1n) is 9.61. The van der Waals surface area contributed by atoms with Crippen molar-refractivity contribution in [3.63, 3.8) is 0 Å². The van der Waals surface area contributed by atoms with E-state index in [0.717, 1.165) is 16.7 Å². The number of thiophene rings is 1. The van der Waals surface area contributed by atoms with Gasteiger partial charge in [0.1, 0.15) is 17.2 Å². The van der Waals surface area contributed by atoms with Gasteiger partial charge in [0.15, 0.2) is 11.5 Å². The molecular formula is C23H21NO5S. The number of fused-ring (bicyclic) bond motifs is 1. The fourth-order valence-corrected chi connectivity index (χ4v) is 4.10. The summed E-state index contributed by atoms with van der Waals surface area (Å²) >= 11 is 1.28. The fraction of sp³-hybridized carbons (Fsp3) is 0.217. The number of anilines is 1. The molecular weight excluding hydrogens is 402 g/mol. The zero-order valence-electron chi connectivity index (χ0n) is 16.6. The highest BCUT2D eigenvalue weighted by Crippen LogP contribution is 2.37. The molecule has 6 nitrogen and oxygen atoms in total. The maximum atomic E-state index is 12.8. The molecule has 0 saturated heterocycles. The maximum Gasteiger partial charge on any atom is 0.341 e. The molecule has 1 aliphatic rings. The highest BCUT2D eigenvalue weighted by Gasteiger charge is 2.30. The monoisotopic (exact) mass is 423 g/mol. The largest absolute Gasteiger partial charge is 0.485 e. The molecule has 0 radical (unpaired) electrons. The van der Waals surface area contributed by atoms with Crippen molar-refractivity contribution in [1.29, 1.82) is 0 Å². The Hall–Kier alpha value is -3.32. The second-order valence-corrected chi connectivity index (χ2v) is 7.67. The lowest BCUT2D eigenvalue weighted by Gasteiger charge is -2.25. The Labute approximate surface area is 178 Å². The van der Waals surface area contributed by atoms with E-state index in [1.54, 1.807) is 19.1 Å². The smallest absolute Gasteiger partial charge is 0.341 e. The lowest BCUT2D eigenvalue weighted by atomic mass is 10.0. The number of benzene rings is 2. The van der Waals surface area contributed by atoms with E-state index in [1.165, 1.54) is 11.3 Å². The van der Waals surface area contributed by atoms with E-state index in [2.05, 4.69) is 5.32 Å². The number of ether oxygens (including phenoxy) is 3. The number of nitrogens with one attached hydrogen (secondary N) is 1. The molecule has 1 amide bonds. The van der Waals surface area contributed by atoms with Crippen LogP contribution in [0.25, 0.3) is 11.1 Å². The van der Waals surface area contributed by atoms with Gasteiger partial charge < -0.3 is 19.5 Å². The number of aryl methyl sites for hydroxylation is 1. The number of carbonyl (C=O) groups is 2. The minimum Gasteiger partial charge on any atom is -0.485 e. The predicted octanol–water partition coefficient (Wildman–Crippen LogP) is 4.68. The third kappa shape index (κ3) is 4.02. The zero-order valence-corrected chi connectivity index (χ0v) is 17.5. The molecule has 0 spiro atoms. The SMILES string of the molecule is CCOC(=O)c1c(-c2ccc(C)cc2)csc1NC(=O)[C@H]1COc2ccccc2O1. The first-order valence-corrected chi connectivity index (χ1v) is 10.5. The number of para-hydroxylation sites is 2. The molecule has 1 N–H and O–H groups in total. The molecule has 1 atom stereocenters. The summed E-state index contributed by atoms with van der Waals surface area (Å²) in [6.45, 7) is 4.08. The van der Waals surface area contributed by atoms with E-state index < -0.39 is 12.1 Å². The van der Waals surface area contributed by atoms with Gasteiger partial charge >= 0.3 is 5.97 Å². The van der Waals surface area contributed by atoms with Gasteiger partial charge in [-0.05, 0) is 31.5 Å². The van der Waals surface area contributed by atoms with E-state index in [9.17, 15) is 9.59 Å². The summed E-state index contributed by atoms with van der Waals surface area (Å²) in [6.07, 6.45) is -0.820. The van der Waals surface area contributed by atoms with E-state index in [1.807, 2.05) is 48.7 Å². The summed E-state index contributed by atoms with van der Waals surface area (Å²) < 4.78 is 16.6. The van der Waals surface area contributed by atoms with Crippen LogP contribution in [0.2, 0.25) is 0 Å². The lowest BCUT2D eigenvalue weighted by Crippen LogP contribution is -2.40. The average Bonchev–Trinajstić information content (AvgIpc) is 3.17. The molecule has 1 aliphatic heterocycles. The average molecular weight is 423 g/mol. The van der Waals surface area contributed by atoms with E-state index >= 15 is 0 Å². The lowest BCUT2D eigenvalue weighted by molar-refractivity contribution is -0.125. The van der Waals surface area contributed by atoms with Crippen LogP contribution in [0, 0.1) is 6.92 Å².